The molecule has 0 saturated heterocycles. The number of aliphatic carboxylic acids is 1. The number of rotatable bonds is 10. The number of nitrogens with zero attached hydrogens (tertiary/aromatic N) is 4. The molecular weight excluding hydrogens is 630 g/mol. The molecule has 0 aliphatic carbocycles. The van der Waals surface area contributed by atoms with Gasteiger partial charge in [0.25, 0.3) is 0 Å². The molecule has 2 heterocycles. The van der Waals surface area contributed by atoms with Crippen molar-refractivity contribution in [3.8, 4) is 0 Å². The van der Waals surface area contributed by atoms with Gasteiger partial charge in [-0.1, -0.05) is 48.5 Å². The number of alkyl carbamates (subject to hydrolysis) is 1. The quantitative estimate of drug-likeness (QED) is 0.129. The van der Waals surface area contributed by atoms with E-state index in [-0.39, 0.29) is 12.3 Å². The third-order valence-electron chi connectivity index (χ3n) is 8.71. The van der Waals surface area contributed by atoms with Crippen LogP contribution >= 0.6 is 10.8 Å². The zero-order chi connectivity index (χ0) is 34.8. The molecule has 1 aromatic heterocycles. The van der Waals surface area contributed by atoms with E-state index in [1.165, 1.54) is 0 Å². The van der Waals surface area contributed by atoms with E-state index in [0.717, 1.165) is 51.7 Å². The van der Waals surface area contributed by atoms with Crippen LogP contribution in [0.15, 0.2) is 59.5 Å². The number of carbonyl (C=O) groups excluding carboxylic acids is 1. The first-order valence-corrected chi connectivity index (χ1v) is 17.8. The molecule has 0 saturated carbocycles. The summed E-state index contributed by atoms with van der Waals surface area (Å²) < 4.78 is 32.3. The Kier molecular flexibility index (Phi) is 10.5. The van der Waals surface area contributed by atoms with Crippen LogP contribution < -0.4 is 5.32 Å². The number of hydrogen-bond acceptors (Lipinski definition) is 8. The van der Waals surface area contributed by atoms with Crippen LogP contribution in [0.5, 0.6) is 0 Å². The van der Waals surface area contributed by atoms with Crippen molar-refractivity contribution >= 4 is 33.9 Å². The third-order valence-corrected chi connectivity index (χ3v) is 10.7. The maximum Gasteiger partial charge on any atom is 0.407 e. The number of aryl methyl sites for hydroxylation is 3. The van der Waals surface area contributed by atoms with Crippen molar-refractivity contribution in [1.29, 1.82) is 0 Å². The number of benzene rings is 3. The van der Waals surface area contributed by atoms with Gasteiger partial charge in [-0.3, -0.25) is 13.9 Å². The Morgan fingerprint density at radius 3 is 2.54 bits per heavy atom. The highest BCUT2D eigenvalue weighted by molar-refractivity contribution is 8.22. The second-order valence-electron chi connectivity index (χ2n) is 13.9. The second-order valence-corrected chi connectivity index (χ2v) is 15.9. The molecule has 2 unspecified atom stereocenters. The highest BCUT2D eigenvalue weighted by Gasteiger charge is 2.33. The maximum atomic E-state index is 12.0. The Bertz CT molecular complexity index is 1800. The van der Waals surface area contributed by atoms with Crippen LogP contribution in [0.4, 0.5) is 4.79 Å². The van der Waals surface area contributed by atoms with Crippen LogP contribution in [0, 0.1) is 12.8 Å². The van der Waals surface area contributed by atoms with Crippen molar-refractivity contribution in [2.24, 2.45) is 13.0 Å². The Labute approximate surface area is 283 Å². The Morgan fingerprint density at radius 1 is 1.08 bits per heavy atom. The molecular formula is C36H47N5O6S. The van der Waals surface area contributed by atoms with E-state index in [1.807, 2.05) is 83.3 Å². The van der Waals surface area contributed by atoms with Crippen LogP contribution in [0.2, 0.25) is 0 Å². The van der Waals surface area contributed by atoms with Gasteiger partial charge in [-0.25, -0.2) is 9.48 Å². The maximum absolute atomic E-state index is 12.0. The number of ether oxygens (including phenoxy) is 1. The van der Waals surface area contributed by atoms with Crippen molar-refractivity contribution in [3.63, 3.8) is 0 Å². The second kappa shape index (κ2) is 14.3. The zero-order valence-electron chi connectivity index (χ0n) is 28.6. The molecule has 48 heavy (non-hydrogen) atoms. The lowest BCUT2D eigenvalue weighted by atomic mass is 9.86. The van der Waals surface area contributed by atoms with E-state index < -0.39 is 34.4 Å². The number of carboxylic acid groups (broad SMARTS) is 1. The number of nitrogens with one attached hydrogen (secondary N) is 1. The van der Waals surface area contributed by atoms with Gasteiger partial charge in [0.15, 0.2) is 0 Å². The van der Waals surface area contributed by atoms with Gasteiger partial charge < -0.3 is 15.2 Å². The van der Waals surface area contributed by atoms with Crippen molar-refractivity contribution in [2.75, 3.05) is 13.1 Å². The molecule has 0 bridgehead atoms. The Morgan fingerprint density at radius 2 is 1.81 bits per heavy atom. The van der Waals surface area contributed by atoms with E-state index in [0.29, 0.717) is 36.5 Å². The summed E-state index contributed by atoms with van der Waals surface area (Å²) in [5, 5.41) is 20.9. The number of fused-ring (bicyclic) bond motifs is 2. The number of aromatic nitrogens is 3. The third kappa shape index (κ3) is 8.35. The van der Waals surface area contributed by atoms with Gasteiger partial charge in [-0.2, -0.15) is 4.31 Å². The topological polar surface area (TPSA) is 150 Å². The van der Waals surface area contributed by atoms with Crippen LogP contribution in [-0.2, 0) is 36.0 Å². The largest absolute Gasteiger partial charge is 0.481 e. The number of carbonyl (C=O) groups is 2. The SMILES string of the molecule is Cc1ccc(C(CC(=O)O)c2ccc3c(c2)nnn3C)cc1CN1CC(C)Cc2cc(CCCNC(=O)OC(C)(C)C)ccc2S1(O)O. The van der Waals surface area contributed by atoms with Crippen molar-refractivity contribution in [3.05, 3.63) is 88.0 Å². The molecule has 0 radical (unpaired) electrons. The van der Waals surface area contributed by atoms with E-state index in [9.17, 15) is 23.8 Å². The van der Waals surface area contributed by atoms with E-state index in [2.05, 4.69) is 28.6 Å². The molecule has 4 aromatic rings. The molecule has 258 valence electrons. The molecule has 11 nitrogen and oxygen atoms in total. The minimum Gasteiger partial charge on any atom is -0.481 e. The van der Waals surface area contributed by atoms with E-state index in [1.54, 1.807) is 8.99 Å². The lowest BCUT2D eigenvalue weighted by molar-refractivity contribution is -0.137. The van der Waals surface area contributed by atoms with Crippen LogP contribution in [0.1, 0.15) is 79.8 Å². The lowest BCUT2D eigenvalue weighted by Crippen LogP contribution is -2.33. The standard InChI is InChI=1S/C36H47N5O6S/c1-23-16-28-17-25(8-7-15-37-35(44)47-36(3,4)5)10-14-33(28)48(45,46)41(21-23)22-29-18-26(11-9-24(29)2)30(20-34(42)43)27-12-13-32-31(19-27)38-39-40(32)6/h9-14,17-19,23,30,45-46H,7-8,15-16,20-22H2,1-6H3,(H,37,44)(H,42,43). The fraction of sp³-hybridized carbons (Fsp3) is 0.444. The minimum atomic E-state index is -3.32. The van der Waals surface area contributed by atoms with Gasteiger partial charge in [0.1, 0.15) is 11.1 Å². The zero-order valence-corrected chi connectivity index (χ0v) is 29.4. The highest BCUT2D eigenvalue weighted by Crippen LogP contribution is 2.56. The van der Waals surface area contributed by atoms with Crippen molar-refractivity contribution in [1.82, 2.24) is 24.6 Å². The molecule has 1 aliphatic heterocycles. The molecule has 3 aromatic carbocycles. The molecule has 0 fully saturated rings. The summed E-state index contributed by atoms with van der Waals surface area (Å²) in [5.74, 6) is -1.18. The molecule has 1 aliphatic rings. The predicted molar refractivity (Wildman–Crippen MR) is 187 cm³/mol. The van der Waals surface area contributed by atoms with Gasteiger partial charge in [0, 0.05) is 32.6 Å². The summed E-state index contributed by atoms with van der Waals surface area (Å²) >= 11 is 0. The average molecular weight is 678 g/mol. The average Bonchev–Trinajstić information content (AvgIpc) is 3.33. The summed E-state index contributed by atoms with van der Waals surface area (Å²) in [6, 6.07) is 17.5. The summed E-state index contributed by atoms with van der Waals surface area (Å²) in [4.78, 5) is 24.5. The molecule has 1 amide bonds. The highest BCUT2D eigenvalue weighted by atomic mass is 32.3. The van der Waals surface area contributed by atoms with Gasteiger partial charge >= 0.3 is 12.1 Å². The van der Waals surface area contributed by atoms with Crippen molar-refractivity contribution in [2.45, 2.75) is 83.3 Å². The molecule has 5 rings (SSSR count). The smallest absolute Gasteiger partial charge is 0.407 e. The molecule has 4 N–H and O–H groups in total. The first-order chi connectivity index (χ1) is 22.6. The number of amides is 1. The summed E-state index contributed by atoms with van der Waals surface area (Å²) in [5.41, 5.74) is 6.58. The fourth-order valence-corrected chi connectivity index (χ4v) is 8.15. The minimum absolute atomic E-state index is 0.100. The number of hydrogen-bond donors (Lipinski definition) is 4. The van der Waals surface area contributed by atoms with Gasteiger partial charge in [-0.15, -0.1) is 15.9 Å². The van der Waals surface area contributed by atoms with Crippen molar-refractivity contribution < 1.29 is 28.5 Å². The first-order valence-electron chi connectivity index (χ1n) is 16.3. The number of carboxylic acids is 1. The van der Waals surface area contributed by atoms with Crippen LogP contribution in [0.3, 0.4) is 0 Å². The van der Waals surface area contributed by atoms with Crippen LogP contribution in [-0.4, -0.2) is 64.3 Å². The molecule has 2 atom stereocenters. The van der Waals surface area contributed by atoms with Gasteiger partial charge in [0.05, 0.1) is 16.8 Å². The molecule has 12 heteroatoms. The monoisotopic (exact) mass is 677 g/mol. The first kappa shape index (κ1) is 35.3. The van der Waals surface area contributed by atoms with Gasteiger partial charge in [0.2, 0.25) is 0 Å². The Hall–Kier alpha value is -3.97. The fourth-order valence-electron chi connectivity index (χ4n) is 6.34. The predicted octanol–water partition coefficient (Wildman–Crippen LogP) is 7.06. The molecule has 0 spiro atoms. The van der Waals surface area contributed by atoms with E-state index >= 15 is 0 Å². The van der Waals surface area contributed by atoms with E-state index in [4.69, 9.17) is 4.74 Å². The van der Waals surface area contributed by atoms with Gasteiger partial charge in [-0.05, 0) is 104 Å². The summed E-state index contributed by atoms with van der Waals surface area (Å²) in [6.07, 6.45) is 1.62. The lowest BCUT2D eigenvalue weighted by Gasteiger charge is -2.43. The summed E-state index contributed by atoms with van der Waals surface area (Å²) in [7, 11) is -1.50. The van der Waals surface area contributed by atoms with Crippen LogP contribution in [0.25, 0.3) is 11.0 Å². The normalized spacial score (nSPS) is 17.7. The Balaban J connectivity index is 1.35. The summed E-state index contributed by atoms with van der Waals surface area (Å²) in [6.45, 7) is 10.8.